The van der Waals surface area contributed by atoms with Gasteiger partial charge >= 0.3 is 0 Å². The van der Waals surface area contributed by atoms with Crippen LogP contribution in [0.5, 0.6) is 0 Å². The van der Waals surface area contributed by atoms with Gasteiger partial charge in [-0.2, -0.15) is 0 Å². The molecular formula is C13H22N2S. The molecular weight excluding hydrogens is 216 g/mol. The molecule has 0 fully saturated rings. The molecule has 0 aliphatic heterocycles. The van der Waals surface area contributed by atoms with Crippen LogP contribution in [0.25, 0.3) is 0 Å². The number of hydrogen-bond acceptors (Lipinski definition) is 3. The van der Waals surface area contributed by atoms with Crippen LogP contribution in [0.4, 0.5) is 0 Å². The molecule has 0 radical (unpaired) electrons. The number of rotatable bonds is 7. The van der Waals surface area contributed by atoms with Gasteiger partial charge in [-0.25, -0.2) is 0 Å². The summed E-state index contributed by atoms with van der Waals surface area (Å²) in [5, 5.41) is 3.45. The summed E-state index contributed by atoms with van der Waals surface area (Å²) in [6.45, 7) is 4.91. The minimum atomic E-state index is 0.602. The monoisotopic (exact) mass is 238 g/mol. The van der Waals surface area contributed by atoms with Crippen LogP contribution in [-0.2, 0) is 6.54 Å². The molecule has 0 bridgehead atoms. The molecule has 1 unspecified atom stereocenters. The summed E-state index contributed by atoms with van der Waals surface area (Å²) in [5.74, 6) is 0.602. The summed E-state index contributed by atoms with van der Waals surface area (Å²) in [6.07, 6.45) is 3.25. The van der Waals surface area contributed by atoms with Crippen LogP contribution in [-0.4, -0.2) is 19.3 Å². The predicted octanol–water partition coefficient (Wildman–Crippen LogP) is 2.48. The Morgan fingerprint density at radius 1 is 1.31 bits per heavy atom. The number of nitrogens with two attached hydrogens (primary N) is 1. The van der Waals surface area contributed by atoms with Crippen molar-refractivity contribution in [2.45, 2.75) is 24.8 Å². The lowest BCUT2D eigenvalue weighted by molar-refractivity contribution is 0.471. The molecule has 0 aliphatic carbocycles. The smallest absolute Gasteiger partial charge is 0.0205 e. The van der Waals surface area contributed by atoms with Gasteiger partial charge in [-0.05, 0) is 43.0 Å². The zero-order valence-corrected chi connectivity index (χ0v) is 11.0. The summed E-state index contributed by atoms with van der Waals surface area (Å²) in [7, 11) is 0. The van der Waals surface area contributed by atoms with Crippen molar-refractivity contribution in [2.75, 3.05) is 19.3 Å². The van der Waals surface area contributed by atoms with Crippen molar-refractivity contribution in [1.82, 2.24) is 5.32 Å². The predicted molar refractivity (Wildman–Crippen MR) is 72.8 cm³/mol. The van der Waals surface area contributed by atoms with Crippen LogP contribution >= 0.6 is 11.8 Å². The lowest BCUT2D eigenvalue weighted by Gasteiger charge is -2.13. The van der Waals surface area contributed by atoms with Gasteiger partial charge in [0.1, 0.15) is 0 Å². The average Bonchev–Trinajstić information content (AvgIpc) is 2.35. The topological polar surface area (TPSA) is 38.0 Å². The van der Waals surface area contributed by atoms with Crippen molar-refractivity contribution in [3.63, 3.8) is 0 Å². The molecule has 0 saturated heterocycles. The highest BCUT2D eigenvalue weighted by atomic mass is 32.2. The van der Waals surface area contributed by atoms with E-state index in [9.17, 15) is 0 Å². The Morgan fingerprint density at radius 2 is 2.00 bits per heavy atom. The van der Waals surface area contributed by atoms with Crippen LogP contribution in [0, 0.1) is 5.92 Å². The summed E-state index contributed by atoms with van der Waals surface area (Å²) in [4.78, 5) is 1.32. The van der Waals surface area contributed by atoms with Gasteiger partial charge in [0.25, 0.3) is 0 Å². The highest BCUT2D eigenvalue weighted by Crippen LogP contribution is 2.14. The number of thioether (sulfide) groups is 1. The maximum absolute atomic E-state index is 5.66. The first-order valence-electron chi connectivity index (χ1n) is 5.83. The molecule has 1 atom stereocenters. The fourth-order valence-corrected chi connectivity index (χ4v) is 1.97. The molecule has 0 aliphatic rings. The molecule has 1 aromatic carbocycles. The number of benzene rings is 1. The van der Waals surface area contributed by atoms with Gasteiger partial charge < -0.3 is 11.1 Å². The molecule has 0 heterocycles. The second-order valence-electron chi connectivity index (χ2n) is 3.99. The lowest BCUT2D eigenvalue weighted by Crippen LogP contribution is -2.27. The van der Waals surface area contributed by atoms with Crippen molar-refractivity contribution in [3.8, 4) is 0 Å². The first-order valence-corrected chi connectivity index (χ1v) is 7.06. The normalized spacial score (nSPS) is 12.7. The Labute approximate surface area is 103 Å². The Bertz CT molecular complexity index is 280. The quantitative estimate of drug-likeness (QED) is 0.717. The third-order valence-electron chi connectivity index (χ3n) is 2.83. The summed E-state index contributed by atoms with van der Waals surface area (Å²) < 4.78 is 0. The molecule has 0 aromatic heterocycles. The van der Waals surface area contributed by atoms with E-state index in [-0.39, 0.29) is 0 Å². The van der Waals surface area contributed by atoms with E-state index in [0.29, 0.717) is 5.92 Å². The zero-order valence-electron chi connectivity index (χ0n) is 10.2. The molecule has 3 heteroatoms. The van der Waals surface area contributed by atoms with E-state index in [4.69, 9.17) is 5.73 Å². The van der Waals surface area contributed by atoms with E-state index in [1.54, 1.807) is 11.8 Å². The van der Waals surface area contributed by atoms with Gasteiger partial charge in [0, 0.05) is 11.4 Å². The number of hydrogen-bond donors (Lipinski definition) is 2. The van der Waals surface area contributed by atoms with E-state index >= 15 is 0 Å². The molecule has 2 nitrogen and oxygen atoms in total. The second kappa shape index (κ2) is 7.71. The third kappa shape index (κ3) is 4.56. The zero-order chi connectivity index (χ0) is 11.8. The minimum absolute atomic E-state index is 0.602. The van der Waals surface area contributed by atoms with Crippen molar-refractivity contribution in [3.05, 3.63) is 29.8 Å². The van der Waals surface area contributed by atoms with Gasteiger partial charge in [0.05, 0.1) is 0 Å². The molecule has 3 N–H and O–H groups in total. The van der Waals surface area contributed by atoms with Crippen LogP contribution in [0.15, 0.2) is 29.2 Å². The van der Waals surface area contributed by atoms with E-state index in [1.807, 2.05) is 0 Å². The Balaban J connectivity index is 2.31. The van der Waals surface area contributed by atoms with Gasteiger partial charge in [-0.1, -0.05) is 25.5 Å². The second-order valence-corrected chi connectivity index (χ2v) is 4.87. The van der Waals surface area contributed by atoms with Gasteiger partial charge in [-0.15, -0.1) is 11.8 Å². The van der Waals surface area contributed by atoms with Crippen molar-refractivity contribution < 1.29 is 0 Å². The molecule has 0 saturated carbocycles. The van der Waals surface area contributed by atoms with Crippen LogP contribution in [0.3, 0.4) is 0 Å². The Kier molecular flexibility index (Phi) is 6.53. The Morgan fingerprint density at radius 3 is 2.50 bits per heavy atom. The molecule has 0 amide bonds. The standard InChI is InChI=1S/C13H22N2S/c1-3-11(8-14)9-15-10-12-4-6-13(16-2)7-5-12/h4-7,11,15H,3,8-10,14H2,1-2H3. The summed E-state index contributed by atoms with van der Waals surface area (Å²) >= 11 is 1.78. The van der Waals surface area contributed by atoms with Crippen LogP contribution in [0.1, 0.15) is 18.9 Å². The molecule has 16 heavy (non-hydrogen) atoms. The van der Waals surface area contributed by atoms with Gasteiger partial charge in [0.15, 0.2) is 0 Å². The van der Waals surface area contributed by atoms with E-state index < -0.39 is 0 Å². The average molecular weight is 238 g/mol. The number of nitrogens with one attached hydrogen (secondary N) is 1. The first-order chi connectivity index (χ1) is 7.80. The largest absolute Gasteiger partial charge is 0.330 e. The van der Waals surface area contributed by atoms with Crippen LogP contribution in [0.2, 0.25) is 0 Å². The molecule has 90 valence electrons. The van der Waals surface area contributed by atoms with Crippen molar-refractivity contribution in [1.29, 1.82) is 0 Å². The highest BCUT2D eigenvalue weighted by Gasteiger charge is 2.02. The lowest BCUT2D eigenvalue weighted by atomic mass is 10.1. The van der Waals surface area contributed by atoms with Crippen LogP contribution < -0.4 is 11.1 Å². The van der Waals surface area contributed by atoms with E-state index in [2.05, 4.69) is 42.8 Å². The SMILES string of the molecule is CCC(CN)CNCc1ccc(SC)cc1. The highest BCUT2D eigenvalue weighted by molar-refractivity contribution is 7.98. The van der Waals surface area contributed by atoms with E-state index in [1.165, 1.54) is 10.5 Å². The first kappa shape index (κ1) is 13.6. The summed E-state index contributed by atoms with van der Waals surface area (Å²) in [5.41, 5.74) is 7.00. The summed E-state index contributed by atoms with van der Waals surface area (Å²) in [6, 6.07) is 8.70. The maximum Gasteiger partial charge on any atom is 0.0205 e. The van der Waals surface area contributed by atoms with Gasteiger partial charge in [0.2, 0.25) is 0 Å². The third-order valence-corrected chi connectivity index (χ3v) is 3.58. The van der Waals surface area contributed by atoms with Gasteiger partial charge in [-0.3, -0.25) is 0 Å². The fraction of sp³-hybridized carbons (Fsp3) is 0.538. The molecule has 1 aromatic rings. The Hall–Kier alpha value is -0.510. The van der Waals surface area contributed by atoms with Crippen molar-refractivity contribution >= 4 is 11.8 Å². The maximum atomic E-state index is 5.66. The fourth-order valence-electron chi connectivity index (χ4n) is 1.56. The van der Waals surface area contributed by atoms with Crippen molar-refractivity contribution in [2.24, 2.45) is 11.7 Å². The molecule has 0 spiro atoms. The van der Waals surface area contributed by atoms with E-state index in [0.717, 1.165) is 26.1 Å². The minimum Gasteiger partial charge on any atom is -0.330 e. The molecule has 1 rings (SSSR count).